The number of alkyl halides is 3. The van der Waals surface area contributed by atoms with Gasteiger partial charge in [0.15, 0.2) is 0 Å². The molecule has 0 N–H and O–H groups in total. The Morgan fingerprint density at radius 3 is 2.33 bits per heavy atom. The first-order valence-corrected chi connectivity index (χ1v) is 7.63. The number of hydrogen-bond acceptors (Lipinski definition) is 1. The van der Waals surface area contributed by atoms with Gasteiger partial charge in [-0.3, -0.25) is 4.79 Å². The maximum absolute atomic E-state index is 12.8. The number of carbonyl (C=O) groups is 1. The Kier molecular flexibility index (Phi) is 4.66. The smallest absolute Gasteiger partial charge is 0.338 e. The summed E-state index contributed by atoms with van der Waals surface area (Å²) in [5.41, 5.74) is -0.724. The van der Waals surface area contributed by atoms with Crippen LogP contribution in [0.5, 0.6) is 0 Å². The second-order valence-electron chi connectivity index (χ2n) is 5.85. The molecule has 0 aromatic heterocycles. The lowest BCUT2D eigenvalue weighted by atomic mass is 9.91. The highest BCUT2D eigenvalue weighted by molar-refractivity contribution is 9.10. The number of piperidine rings is 1. The van der Waals surface area contributed by atoms with Crippen LogP contribution in [0.3, 0.4) is 0 Å². The highest BCUT2D eigenvalue weighted by Gasteiger charge is 2.33. The van der Waals surface area contributed by atoms with E-state index >= 15 is 0 Å². The molecule has 1 aliphatic rings. The Balaban J connectivity index is 2.30. The molecule has 2 nitrogen and oxygen atoms in total. The van der Waals surface area contributed by atoms with E-state index in [1.807, 2.05) is 0 Å². The highest BCUT2D eigenvalue weighted by Crippen LogP contribution is 2.33. The van der Waals surface area contributed by atoms with E-state index in [4.69, 9.17) is 0 Å². The zero-order chi connectivity index (χ0) is 15.8. The predicted octanol–water partition coefficient (Wildman–Crippen LogP) is 4.59. The number of carbonyl (C=O) groups excluding carboxylic acids is 1. The summed E-state index contributed by atoms with van der Waals surface area (Å²) in [5, 5.41) is 0. The van der Waals surface area contributed by atoms with Crippen LogP contribution in [0.15, 0.2) is 22.7 Å². The SMILES string of the molecule is CC1CC(C)CN(C(=O)c2cc(C(F)(F)F)ccc2Br)C1. The topological polar surface area (TPSA) is 20.3 Å². The minimum atomic E-state index is -4.45. The monoisotopic (exact) mass is 363 g/mol. The molecule has 1 aliphatic heterocycles. The molecule has 2 unspecified atom stereocenters. The molecule has 6 heteroatoms. The zero-order valence-electron chi connectivity index (χ0n) is 11.9. The quantitative estimate of drug-likeness (QED) is 0.714. The molecule has 0 bridgehead atoms. The fourth-order valence-electron chi connectivity index (χ4n) is 2.86. The standard InChI is InChI=1S/C15H17BrF3NO/c1-9-5-10(2)8-20(7-9)14(21)12-6-11(15(17,18)19)3-4-13(12)16/h3-4,6,9-10H,5,7-8H2,1-2H3. The van der Waals surface area contributed by atoms with Crippen molar-refractivity contribution in [2.24, 2.45) is 11.8 Å². The lowest BCUT2D eigenvalue weighted by Crippen LogP contribution is -2.42. The second-order valence-corrected chi connectivity index (χ2v) is 6.70. The van der Waals surface area contributed by atoms with Crippen LogP contribution in [-0.4, -0.2) is 23.9 Å². The highest BCUT2D eigenvalue weighted by atomic mass is 79.9. The average Bonchev–Trinajstić information content (AvgIpc) is 2.36. The van der Waals surface area contributed by atoms with Crippen LogP contribution in [0.1, 0.15) is 36.2 Å². The molecule has 1 aromatic rings. The molecular formula is C15H17BrF3NO. The van der Waals surface area contributed by atoms with Gasteiger partial charge in [-0.2, -0.15) is 13.2 Å². The van der Waals surface area contributed by atoms with Crippen LogP contribution >= 0.6 is 15.9 Å². The summed E-state index contributed by atoms with van der Waals surface area (Å²) in [6, 6.07) is 3.19. The van der Waals surface area contributed by atoms with Gasteiger partial charge in [0.1, 0.15) is 0 Å². The first-order valence-electron chi connectivity index (χ1n) is 6.84. The molecule has 1 amide bonds. The lowest BCUT2D eigenvalue weighted by Gasteiger charge is -2.35. The van der Waals surface area contributed by atoms with Crippen molar-refractivity contribution < 1.29 is 18.0 Å². The van der Waals surface area contributed by atoms with Crippen LogP contribution < -0.4 is 0 Å². The van der Waals surface area contributed by atoms with E-state index < -0.39 is 11.7 Å². The fourth-order valence-corrected chi connectivity index (χ4v) is 3.28. The van der Waals surface area contributed by atoms with Crippen molar-refractivity contribution in [1.29, 1.82) is 0 Å². The van der Waals surface area contributed by atoms with Crippen molar-refractivity contribution >= 4 is 21.8 Å². The minimum absolute atomic E-state index is 0.0751. The second kappa shape index (κ2) is 5.99. The normalized spacial score (nSPS) is 23.2. The average molecular weight is 364 g/mol. The van der Waals surface area contributed by atoms with E-state index in [-0.39, 0.29) is 11.5 Å². The van der Waals surface area contributed by atoms with Gasteiger partial charge in [0.25, 0.3) is 5.91 Å². The largest absolute Gasteiger partial charge is 0.416 e. The molecule has 116 valence electrons. The van der Waals surface area contributed by atoms with Crippen molar-refractivity contribution in [3.05, 3.63) is 33.8 Å². The molecule has 0 saturated carbocycles. The Morgan fingerprint density at radius 2 is 1.81 bits per heavy atom. The number of amides is 1. The fraction of sp³-hybridized carbons (Fsp3) is 0.533. The van der Waals surface area contributed by atoms with Crippen LogP contribution in [0.4, 0.5) is 13.2 Å². The Bertz CT molecular complexity index is 534. The van der Waals surface area contributed by atoms with E-state index in [2.05, 4.69) is 29.8 Å². The van der Waals surface area contributed by atoms with Gasteiger partial charge in [0.2, 0.25) is 0 Å². The minimum Gasteiger partial charge on any atom is -0.338 e. The van der Waals surface area contributed by atoms with Gasteiger partial charge in [-0.25, -0.2) is 0 Å². The van der Waals surface area contributed by atoms with E-state index in [9.17, 15) is 18.0 Å². The molecule has 2 rings (SSSR count). The van der Waals surface area contributed by atoms with Crippen molar-refractivity contribution in [1.82, 2.24) is 4.90 Å². The number of hydrogen-bond donors (Lipinski definition) is 0. The molecule has 21 heavy (non-hydrogen) atoms. The third kappa shape index (κ3) is 3.78. The van der Waals surface area contributed by atoms with Crippen molar-refractivity contribution in [2.75, 3.05) is 13.1 Å². The van der Waals surface area contributed by atoms with Crippen LogP contribution in [0, 0.1) is 11.8 Å². The molecule has 1 heterocycles. The van der Waals surface area contributed by atoms with Crippen LogP contribution in [-0.2, 0) is 6.18 Å². The van der Waals surface area contributed by atoms with Gasteiger partial charge < -0.3 is 4.90 Å². The van der Waals surface area contributed by atoms with Gasteiger partial charge in [0, 0.05) is 17.6 Å². The lowest BCUT2D eigenvalue weighted by molar-refractivity contribution is -0.137. The summed E-state index contributed by atoms with van der Waals surface area (Å²) in [6.07, 6.45) is -3.41. The maximum atomic E-state index is 12.8. The van der Waals surface area contributed by atoms with Crippen molar-refractivity contribution in [3.8, 4) is 0 Å². The molecule has 0 spiro atoms. The predicted molar refractivity (Wildman–Crippen MR) is 78.0 cm³/mol. The summed E-state index contributed by atoms with van der Waals surface area (Å²) in [5.74, 6) is 0.385. The molecule has 0 radical (unpaired) electrons. The van der Waals surface area contributed by atoms with Crippen LogP contribution in [0.2, 0.25) is 0 Å². The van der Waals surface area contributed by atoms with Gasteiger partial charge in [-0.1, -0.05) is 13.8 Å². The van der Waals surface area contributed by atoms with Crippen molar-refractivity contribution in [2.45, 2.75) is 26.4 Å². The van der Waals surface area contributed by atoms with Gasteiger partial charge in [-0.05, 0) is 52.4 Å². The molecular weight excluding hydrogens is 347 g/mol. The summed E-state index contributed by atoms with van der Waals surface area (Å²) in [4.78, 5) is 14.2. The van der Waals surface area contributed by atoms with Gasteiger partial charge in [0.05, 0.1) is 11.1 Å². The Morgan fingerprint density at radius 1 is 1.24 bits per heavy atom. The van der Waals surface area contributed by atoms with E-state index in [1.165, 1.54) is 6.07 Å². The molecule has 0 aliphatic carbocycles. The molecule has 1 aromatic carbocycles. The molecule has 1 saturated heterocycles. The number of rotatable bonds is 1. The molecule has 1 fully saturated rings. The Labute approximate surface area is 130 Å². The Hall–Kier alpha value is -1.04. The van der Waals surface area contributed by atoms with E-state index in [0.29, 0.717) is 29.4 Å². The summed E-state index contributed by atoms with van der Waals surface area (Å²) in [6.45, 7) is 5.28. The number of nitrogens with zero attached hydrogens (tertiary/aromatic N) is 1. The summed E-state index contributed by atoms with van der Waals surface area (Å²) in [7, 11) is 0. The summed E-state index contributed by atoms with van der Waals surface area (Å²) < 4.78 is 38.8. The van der Waals surface area contributed by atoms with Gasteiger partial charge in [-0.15, -0.1) is 0 Å². The van der Waals surface area contributed by atoms with Crippen molar-refractivity contribution in [3.63, 3.8) is 0 Å². The van der Waals surface area contributed by atoms with Gasteiger partial charge >= 0.3 is 6.18 Å². The van der Waals surface area contributed by atoms with E-state index in [0.717, 1.165) is 18.6 Å². The zero-order valence-corrected chi connectivity index (χ0v) is 13.5. The van der Waals surface area contributed by atoms with E-state index in [1.54, 1.807) is 4.90 Å². The number of benzene rings is 1. The van der Waals surface area contributed by atoms with Crippen LogP contribution in [0.25, 0.3) is 0 Å². The first kappa shape index (κ1) is 16.3. The molecule has 2 atom stereocenters. The summed E-state index contributed by atoms with van der Waals surface area (Å²) >= 11 is 3.18. The number of halogens is 4. The third-order valence-corrected chi connectivity index (χ3v) is 4.37. The number of likely N-dealkylation sites (tertiary alicyclic amines) is 1. The maximum Gasteiger partial charge on any atom is 0.416 e. The third-order valence-electron chi connectivity index (χ3n) is 3.68. The first-order chi connectivity index (χ1) is 9.68.